The third-order valence-corrected chi connectivity index (χ3v) is 6.16. The van der Waals surface area contributed by atoms with E-state index in [0.29, 0.717) is 36.3 Å². The highest BCUT2D eigenvalue weighted by molar-refractivity contribution is 5.58. The molecule has 0 amide bonds. The number of hydrogen-bond acceptors (Lipinski definition) is 6. The predicted molar refractivity (Wildman–Crippen MR) is 103 cm³/mol. The Bertz CT molecular complexity index is 1250. The zero-order chi connectivity index (χ0) is 21.2. The number of nitrogens with one attached hydrogen (secondary N) is 1. The SMILES string of the molecule is FC(F)(F)c1cccn2nc([C@H]3c4nc[nH]c4CCN3c3nnc(C4CCC4)o3)cc12. The van der Waals surface area contributed by atoms with Crippen LogP contribution < -0.4 is 4.90 Å². The summed E-state index contributed by atoms with van der Waals surface area (Å²) in [6, 6.07) is 3.67. The zero-order valence-corrected chi connectivity index (χ0v) is 16.3. The summed E-state index contributed by atoms with van der Waals surface area (Å²) in [6.07, 6.45) is 2.50. The van der Waals surface area contributed by atoms with Crippen molar-refractivity contribution in [3.8, 4) is 0 Å². The van der Waals surface area contributed by atoms with Gasteiger partial charge in [0.2, 0.25) is 5.89 Å². The maximum Gasteiger partial charge on any atom is 0.418 e. The van der Waals surface area contributed by atoms with E-state index >= 15 is 0 Å². The largest absolute Gasteiger partial charge is 0.418 e. The summed E-state index contributed by atoms with van der Waals surface area (Å²) in [4.78, 5) is 9.45. The molecule has 4 aromatic rings. The molecule has 5 heterocycles. The molecular weight excluding hydrogens is 411 g/mol. The molecular formula is C20H18F3N7O. The van der Waals surface area contributed by atoms with E-state index in [1.807, 2.05) is 4.90 Å². The van der Waals surface area contributed by atoms with E-state index in [1.54, 1.807) is 6.33 Å². The predicted octanol–water partition coefficient (Wildman–Crippen LogP) is 3.88. The summed E-state index contributed by atoms with van der Waals surface area (Å²) in [5.41, 5.74) is 1.32. The van der Waals surface area contributed by atoms with Gasteiger partial charge in [-0.25, -0.2) is 9.50 Å². The van der Waals surface area contributed by atoms with Crippen LogP contribution >= 0.6 is 0 Å². The summed E-state index contributed by atoms with van der Waals surface area (Å²) < 4.78 is 47.8. The number of H-pyrrole nitrogens is 1. The Morgan fingerprint density at radius 1 is 1.19 bits per heavy atom. The lowest BCUT2D eigenvalue weighted by atomic mass is 9.85. The minimum absolute atomic E-state index is 0.00621. The van der Waals surface area contributed by atoms with Crippen LogP contribution in [0.3, 0.4) is 0 Å². The van der Waals surface area contributed by atoms with Crippen LogP contribution in [-0.4, -0.2) is 36.3 Å². The van der Waals surface area contributed by atoms with Gasteiger partial charge in [-0.05, 0) is 31.0 Å². The van der Waals surface area contributed by atoms with Gasteiger partial charge in [-0.2, -0.15) is 18.3 Å². The molecule has 11 heteroatoms. The summed E-state index contributed by atoms with van der Waals surface area (Å²) in [5.74, 6) is 0.900. The number of nitrogens with zero attached hydrogens (tertiary/aromatic N) is 6. The summed E-state index contributed by atoms with van der Waals surface area (Å²) in [5, 5.41) is 12.9. The van der Waals surface area contributed by atoms with Crippen LogP contribution in [0.25, 0.3) is 5.52 Å². The average Bonchev–Trinajstić information content (AvgIpc) is 3.43. The fourth-order valence-electron chi connectivity index (χ4n) is 4.35. The van der Waals surface area contributed by atoms with Crippen LogP contribution in [0.15, 0.2) is 35.1 Å². The van der Waals surface area contributed by atoms with Gasteiger partial charge in [0.05, 0.1) is 28.8 Å². The first kappa shape index (κ1) is 18.4. The fraction of sp³-hybridized carbons (Fsp3) is 0.400. The molecule has 160 valence electrons. The molecule has 4 aromatic heterocycles. The van der Waals surface area contributed by atoms with E-state index in [2.05, 4.69) is 25.3 Å². The monoisotopic (exact) mass is 429 g/mol. The van der Waals surface area contributed by atoms with E-state index in [9.17, 15) is 13.2 Å². The molecule has 1 aliphatic heterocycles. The number of imidazole rings is 1. The van der Waals surface area contributed by atoms with Gasteiger partial charge in [-0.3, -0.25) is 0 Å². The summed E-state index contributed by atoms with van der Waals surface area (Å²) in [6.45, 7) is 0.548. The molecule has 0 radical (unpaired) electrons. The molecule has 0 aromatic carbocycles. The van der Waals surface area contributed by atoms with Gasteiger partial charge in [0, 0.05) is 30.8 Å². The topological polar surface area (TPSA) is 88.1 Å². The van der Waals surface area contributed by atoms with Gasteiger partial charge in [0.1, 0.15) is 6.04 Å². The van der Waals surface area contributed by atoms with Crippen LogP contribution in [0, 0.1) is 0 Å². The highest BCUT2D eigenvalue weighted by atomic mass is 19.4. The molecule has 1 N–H and O–H groups in total. The van der Waals surface area contributed by atoms with Crippen molar-refractivity contribution in [2.24, 2.45) is 0 Å². The first-order chi connectivity index (χ1) is 15.0. The quantitative estimate of drug-likeness (QED) is 0.532. The molecule has 1 fully saturated rings. The third-order valence-electron chi connectivity index (χ3n) is 6.16. The molecule has 1 aliphatic carbocycles. The number of hydrogen-bond donors (Lipinski definition) is 1. The van der Waals surface area contributed by atoms with Crippen molar-refractivity contribution in [3.05, 3.63) is 59.3 Å². The summed E-state index contributed by atoms with van der Waals surface area (Å²) >= 11 is 0. The van der Waals surface area contributed by atoms with Crippen LogP contribution in [0.1, 0.15) is 59.8 Å². The Kier molecular flexibility index (Phi) is 3.90. The number of alkyl halides is 3. The zero-order valence-electron chi connectivity index (χ0n) is 16.3. The van der Waals surface area contributed by atoms with Crippen molar-refractivity contribution >= 4 is 11.5 Å². The standard InChI is InChI=1S/C20H18F3N7O/c21-20(22,23)12-5-2-7-30-15(12)9-14(28-30)17-16-13(24-10-25-16)6-8-29(17)19-27-26-18(31-19)11-3-1-4-11/h2,5,7,9-11,17H,1,3-4,6,8H2,(H,24,25)/t17-/m0/s1. The van der Waals surface area contributed by atoms with Gasteiger partial charge in [0.15, 0.2) is 0 Å². The second-order valence-electron chi connectivity index (χ2n) is 7.98. The first-order valence-electron chi connectivity index (χ1n) is 10.2. The maximum absolute atomic E-state index is 13.5. The molecule has 6 rings (SSSR count). The van der Waals surface area contributed by atoms with Crippen molar-refractivity contribution in [2.45, 2.75) is 43.8 Å². The Hall–Kier alpha value is -3.37. The highest BCUT2D eigenvalue weighted by Gasteiger charge is 2.38. The Morgan fingerprint density at radius 3 is 2.84 bits per heavy atom. The molecule has 0 unspecified atom stereocenters. The van der Waals surface area contributed by atoms with E-state index in [0.717, 1.165) is 31.0 Å². The number of fused-ring (bicyclic) bond motifs is 2. The average molecular weight is 429 g/mol. The van der Waals surface area contributed by atoms with Crippen molar-refractivity contribution in [1.29, 1.82) is 0 Å². The Labute approximate surface area is 174 Å². The van der Waals surface area contributed by atoms with E-state index in [1.165, 1.54) is 22.8 Å². The maximum atomic E-state index is 13.5. The molecule has 0 saturated heterocycles. The lowest BCUT2D eigenvalue weighted by Gasteiger charge is -2.32. The second-order valence-corrected chi connectivity index (χ2v) is 7.98. The molecule has 8 nitrogen and oxygen atoms in total. The number of aromatic amines is 1. The first-order valence-corrected chi connectivity index (χ1v) is 10.2. The fourth-order valence-corrected chi connectivity index (χ4v) is 4.35. The highest BCUT2D eigenvalue weighted by Crippen LogP contribution is 2.40. The third kappa shape index (κ3) is 2.90. The van der Waals surface area contributed by atoms with Crippen LogP contribution in [-0.2, 0) is 12.6 Å². The Balaban J connectivity index is 1.46. The van der Waals surface area contributed by atoms with Gasteiger partial charge in [-0.15, -0.1) is 5.10 Å². The van der Waals surface area contributed by atoms with E-state index in [4.69, 9.17) is 4.42 Å². The van der Waals surface area contributed by atoms with E-state index in [-0.39, 0.29) is 11.4 Å². The lowest BCUT2D eigenvalue weighted by Crippen LogP contribution is -2.37. The number of anilines is 1. The minimum Gasteiger partial charge on any atom is -0.408 e. The van der Waals surface area contributed by atoms with E-state index < -0.39 is 17.8 Å². The van der Waals surface area contributed by atoms with Crippen LogP contribution in [0.4, 0.5) is 19.2 Å². The van der Waals surface area contributed by atoms with Crippen molar-refractivity contribution in [1.82, 2.24) is 29.8 Å². The van der Waals surface area contributed by atoms with Gasteiger partial charge >= 0.3 is 12.2 Å². The number of aromatic nitrogens is 6. The smallest absolute Gasteiger partial charge is 0.408 e. The lowest BCUT2D eigenvalue weighted by molar-refractivity contribution is -0.136. The van der Waals surface area contributed by atoms with Crippen molar-refractivity contribution < 1.29 is 17.6 Å². The molecule has 1 saturated carbocycles. The molecule has 2 aliphatic rings. The van der Waals surface area contributed by atoms with Crippen molar-refractivity contribution in [2.75, 3.05) is 11.4 Å². The summed E-state index contributed by atoms with van der Waals surface area (Å²) in [7, 11) is 0. The molecule has 0 spiro atoms. The van der Waals surface area contributed by atoms with Gasteiger partial charge in [-0.1, -0.05) is 11.5 Å². The van der Waals surface area contributed by atoms with Gasteiger partial charge < -0.3 is 14.3 Å². The number of rotatable bonds is 3. The van der Waals surface area contributed by atoms with Crippen LogP contribution in [0.5, 0.6) is 0 Å². The van der Waals surface area contributed by atoms with Crippen LogP contribution in [0.2, 0.25) is 0 Å². The normalized spacial score (nSPS) is 19.6. The molecule has 0 bridgehead atoms. The molecule has 1 atom stereocenters. The van der Waals surface area contributed by atoms with Gasteiger partial charge in [0.25, 0.3) is 0 Å². The van der Waals surface area contributed by atoms with Crippen molar-refractivity contribution in [3.63, 3.8) is 0 Å². The Morgan fingerprint density at radius 2 is 2.06 bits per heavy atom. The number of halogens is 3. The minimum atomic E-state index is -4.48. The second kappa shape index (κ2) is 6.56. The molecule has 31 heavy (non-hydrogen) atoms. The number of pyridine rings is 1.